The number of nitrogens with one attached hydrogen (secondary N) is 2. The zero-order valence-corrected chi connectivity index (χ0v) is 15.9. The van der Waals surface area contributed by atoms with Crippen molar-refractivity contribution < 1.29 is 9.18 Å². The Morgan fingerprint density at radius 1 is 1.15 bits per heavy atom. The molecule has 1 aliphatic carbocycles. The lowest BCUT2D eigenvalue weighted by Crippen LogP contribution is -2.29. The maximum atomic E-state index is 13.3. The number of amides is 1. The van der Waals surface area contributed by atoms with Gasteiger partial charge >= 0.3 is 0 Å². The molecule has 4 rings (SSSR count). The van der Waals surface area contributed by atoms with Gasteiger partial charge in [0.1, 0.15) is 11.1 Å². The van der Waals surface area contributed by atoms with Crippen molar-refractivity contribution >= 4 is 39.8 Å². The quantitative estimate of drug-likeness (QED) is 0.570. The third-order valence-electron chi connectivity index (χ3n) is 3.97. The van der Waals surface area contributed by atoms with Gasteiger partial charge in [-0.3, -0.25) is 4.79 Å². The van der Waals surface area contributed by atoms with Crippen LogP contribution in [0.3, 0.4) is 0 Å². The van der Waals surface area contributed by atoms with Crippen molar-refractivity contribution in [2.45, 2.75) is 28.5 Å². The molecule has 2 N–H and O–H groups in total. The molecule has 1 fully saturated rings. The van der Waals surface area contributed by atoms with Crippen molar-refractivity contribution in [3.63, 3.8) is 0 Å². The Morgan fingerprint density at radius 3 is 2.70 bits per heavy atom. The number of benzene rings is 2. The highest BCUT2D eigenvalue weighted by molar-refractivity contribution is 8.01. The molecule has 0 bridgehead atoms. The van der Waals surface area contributed by atoms with E-state index in [4.69, 9.17) is 0 Å². The molecule has 3 aromatic rings. The Bertz CT molecular complexity index is 930. The van der Waals surface area contributed by atoms with E-state index in [0.717, 1.165) is 18.4 Å². The van der Waals surface area contributed by atoms with E-state index in [1.54, 1.807) is 12.1 Å². The Labute approximate surface area is 164 Å². The van der Waals surface area contributed by atoms with E-state index in [1.807, 2.05) is 30.3 Å². The fraction of sp³-hybridized carbons (Fsp3) is 0.211. The van der Waals surface area contributed by atoms with Crippen molar-refractivity contribution in [1.82, 2.24) is 15.5 Å². The van der Waals surface area contributed by atoms with Gasteiger partial charge in [0.25, 0.3) is 0 Å². The molecule has 1 heterocycles. The minimum atomic E-state index is -0.387. The van der Waals surface area contributed by atoms with Gasteiger partial charge in [0.05, 0.1) is 0 Å². The SMILES string of the molecule is O=C(NC1CC1)[C@H](Sc1nnc(Nc2cccc(F)c2)s1)c1ccccc1. The van der Waals surface area contributed by atoms with E-state index in [-0.39, 0.29) is 17.0 Å². The normalized spacial score (nSPS) is 14.6. The van der Waals surface area contributed by atoms with Crippen LogP contribution >= 0.6 is 23.1 Å². The molecule has 1 atom stereocenters. The number of aromatic nitrogens is 2. The summed E-state index contributed by atoms with van der Waals surface area (Å²) in [5, 5.41) is 14.5. The lowest BCUT2D eigenvalue weighted by atomic mass is 10.1. The molecule has 1 aliphatic rings. The van der Waals surface area contributed by atoms with Gasteiger partial charge in [-0.25, -0.2) is 4.39 Å². The Kier molecular flexibility index (Phi) is 5.35. The van der Waals surface area contributed by atoms with E-state index < -0.39 is 0 Å². The molecule has 5 nitrogen and oxygen atoms in total. The zero-order valence-electron chi connectivity index (χ0n) is 14.3. The summed E-state index contributed by atoms with van der Waals surface area (Å²) in [5.74, 6) is -0.330. The minimum absolute atomic E-state index is 0.0106. The van der Waals surface area contributed by atoms with Crippen molar-refractivity contribution in [3.05, 3.63) is 66.0 Å². The molecule has 27 heavy (non-hydrogen) atoms. The van der Waals surface area contributed by atoms with Gasteiger partial charge in [0.15, 0.2) is 4.34 Å². The van der Waals surface area contributed by atoms with Crippen LogP contribution in [-0.2, 0) is 4.79 Å². The lowest BCUT2D eigenvalue weighted by Gasteiger charge is -2.15. The first-order chi connectivity index (χ1) is 13.2. The number of anilines is 2. The van der Waals surface area contributed by atoms with Gasteiger partial charge in [0, 0.05) is 11.7 Å². The van der Waals surface area contributed by atoms with Crippen LogP contribution < -0.4 is 10.6 Å². The average Bonchev–Trinajstić information content (AvgIpc) is 3.37. The first kappa shape index (κ1) is 17.9. The molecule has 0 spiro atoms. The molecular formula is C19H17FN4OS2. The van der Waals surface area contributed by atoms with E-state index in [9.17, 15) is 9.18 Å². The lowest BCUT2D eigenvalue weighted by molar-refractivity contribution is -0.120. The third kappa shape index (κ3) is 4.84. The number of carbonyl (C=O) groups excluding carboxylic acids is 1. The summed E-state index contributed by atoms with van der Waals surface area (Å²) < 4.78 is 14.0. The van der Waals surface area contributed by atoms with E-state index in [1.165, 1.54) is 35.2 Å². The summed E-state index contributed by atoms with van der Waals surface area (Å²) in [6, 6.07) is 16.1. The molecular weight excluding hydrogens is 383 g/mol. The highest BCUT2D eigenvalue weighted by atomic mass is 32.2. The summed E-state index contributed by atoms with van der Waals surface area (Å²) in [7, 11) is 0. The van der Waals surface area contributed by atoms with Gasteiger partial charge in [0.2, 0.25) is 11.0 Å². The molecule has 1 saturated carbocycles. The highest BCUT2D eigenvalue weighted by Gasteiger charge is 2.29. The predicted molar refractivity (Wildman–Crippen MR) is 106 cm³/mol. The standard InChI is InChI=1S/C19H17FN4OS2/c20-13-7-4-8-15(11-13)22-18-23-24-19(27-18)26-16(12-5-2-1-3-6-12)17(25)21-14-9-10-14/h1-8,11,14,16H,9-10H2,(H,21,25)(H,22,23)/t16-/m1/s1. The number of hydrogen-bond donors (Lipinski definition) is 2. The second-order valence-corrected chi connectivity index (χ2v) is 8.53. The first-order valence-corrected chi connectivity index (χ1v) is 10.2. The Hall–Kier alpha value is -2.45. The van der Waals surface area contributed by atoms with Crippen LogP contribution in [-0.4, -0.2) is 22.1 Å². The largest absolute Gasteiger partial charge is 0.352 e. The minimum Gasteiger partial charge on any atom is -0.352 e. The fourth-order valence-corrected chi connectivity index (χ4v) is 4.48. The maximum absolute atomic E-state index is 13.3. The van der Waals surface area contributed by atoms with E-state index >= 15 is 0 Å². The van der Waals surface area contributed by atoms with Gasteiger partial charge in [-0.15, -0.1) is 10.2 Å². The fourth-order valence-electron chi connectivity index (χ4n) is 2.50. The molecule has 1 amide bonds. The second kappa shape index (κ2) is 8.06. The molecule has 0 unspecified atom stereocenters. The van der Waals surface area contributed by atoms with Gasteiger partial charge in [-0.2, -0.15) is 0 Å². The molecule has 1 aromatic heterocycles. The van der Waals surface area contributed by atoms with Crippen LogP contribution in [0.5, 0.6) is 0 Å². The maximum Gasteiger partial charge on any atom is 0.238 e. The number of hydrogen-bond acceptors (Lipinski definition) is 6. The average molecular weight is 401 g/mol. The number of halogens is 1. The third-order valence-corrected chi connectivity index (χ3v) is 6.14. The topological polar surface area (TPSA) is 66.9 Å². The molecule has 0 radical (unpaired) electrons. The number of rotatable bonds is 7. The summed E-state index contributed by atoms with van der Waals surface area (Å²) in [6.45, 7) is 0. The highest BCUT2D eigenvalue weighted by Crippen LogP contribution is 2.39. The molecule has 0 saturated heterocycles. The predicted octanol–water partition coefficient (Wildman–Crippen LogP) is 4.53. The first-order valence-electron chi connectivity index (χ1n) is 8.55. The van der Waals surface area contributed by atoms with Crippen molar-refractivity contribution in [3.8, 4) is 0 Å². The van der Waals surface area contributed by atoms with Crippen LogP contribution in [0.15, 0.2) is 58.9 Å². The number of nitrogens with zero attached hydrogens (tertiary/aromatic N) is 2. The van der Waals surface area contributed by atoms with Crippen molar-refractivity contribution in [2.24, 2.45) is 0 Å². The molecule has 2 aromatic carbocycles. The van der Waals surface area contributed by atoms with Crippen LogP contribution in [0.1, 0.15) is 23.7 Å². The van der Waals surface area contributed by atoms with Crippen LogP contribution in [0, 0.1) is 5.82 Å². The Balaban J connectivity index is 1.49. The zero-order chi connectivity index (χ0) is 18.6. The summed E-state index contributed by atoms with van der Waals surface area (Å²) in [5.41, 5.74) is 1.53. The molecule has 8 heteroatoms. The summed E-state index contributed by atoms with van der Waals surface area (Å²) >= 11 is 2.71. The smallest absolute Gasteiger partial charge is 0.238 e. The van der Waals surface area contributed by atoms with E-state index in [2.05, 4.69) is 20.8 Å². The summed E-state index contributed by atoms with van der Waals surface area (Å²) in [4.78, 5) is 12.7. The van der Waals surface area contributed by atoms with Gasteiger partial charge in [-0.05, 0) is 36.6 Å². The van der Waals surface area contributed by atoms with Crippen LogP contribution in [0.2, 0.25) is 0 Å². The number of thioether (sulfide) groups is 1. The van der Waals surface area contributed by atoms with Crippen molar-refractivity contribution in [1.29, 1.82) is 0 Å². The second-order valence-electron chi connectivity index (χ2n) is 6.20. The van der Waals surface area contributed by atoms with Crippen LogP contribution in [0.25, 0.3) is 0 Å². The van der Waals surface area contributed by atoms with Crippen molar-refractivity contribution in [2.75, 3.05) is 5.32 Å². The molecule has 0 aliphatic heterocycles. The summed E-state index contributed by atoms with van der Waals surface area (Å²) in [6.07, 6.45) is 2.08. The number of carbonyl (C=O) groups is 1. The van der Waals surface area contributed by atoms with Gasteiger partial charge in [-0.1, -0.05) is 59.5 Å². The monoisotopic (exact) mass is 400 g/mol. The Morgan fingerprint density at radius 2 is 1.96 bits per heavy atom. The van der Waals surface area contributed by atoms with Gasteiger partial charge < -0.3 is 10.6 Å². The van der Waals surface area contributed by atoms with Crippen LogP contribution in [0.4, 0.5) is 15.2 Å². The molecule has 138 valence electrons. The van der Waals surface area contributed by atoms with E-state index in [0.29, 0.717) is 21.2 Å².